The number of amides is 2. The molecule has 1 aromatic heterocycles. The SMILES string of the molecule is Cc1nc2ccc(NC(=O)N(C)[C@@H](C)c3ccc4c(c3)OCCO4)cc2s1. The number of fused-ring (bicyclic) bond motifs is 2. The van der Waals surface area contributed by atoms with Crippen LogP contribution in [0.4, 0.5) is 10.5 Å². The van der Waals surface area contributed by atoms with Crippen LogP contribution in [-0.4, -0.2) is 36.2 Å². The van der Waals surface area contributed by atoms with Gasteiger partial charge < -0.3 is 19.7 Å². The molecule has 1 N–H and O–H groups in total. The monoisotopic (exact) mass is 383 g/mol. The molecular formula is C20H21N3O3S. The molecule has 0 saturated heterocycles. The summed E-state index contributed by atoms with van der Waals surface area (Å²) in [5.41, 5.74) is 2.70. The van der Waals surface area contributed by atoms with Crippen molar-refractivity contribution in [3.05, 3.63) is 47.0 Å². The highest BCUT2D eigenvalue weighted by atomic mass is 32.1. The number of aryl methyl sites for hydroxylation is 1. The van der Waals surface area contributed by atoms with Crippen LogP contribution < -0.4 is 14.8 Å². The predicted molar refractivity (Wildman–Crippen MR) is 107 cm³/mol. The van der Waals surface area contributed by atoms with Crippen molar-refractivity contribution < 1.29 is 14.3 Å². The number of benzene rings is 2. The number of anilines is 1. The molecule has 0 saturated carbocycles. The Kier molecular flexibility index (Phi) is 4.61. The first-order valence-corrected chi connectivity index (χ1v) is 9.63. The molecule has 1 atom stereocenters. The molecule has 3 aromatic rings. The lowest BCUT2D eigenvalue weighted by Gasteiger charge is -2.27. The van der Waals surface area contributed by atoms with Crippen molar-refractivity contribution in [2.24, 2.45) is 0 Å². The maximum atomic E-state index is 12.7. The zero-order valence-corrected chi connectivity index (χ0v) is 16.3. The molecule has 2 aromatic carbocycles. The first kappa shape index (κ1) is 17.6. The molecule has 2 heterocycles. The highest BCUT2D eigenvalue weighted by Gasteiger charge is 2.20. The first-order chi connectivity index (χ1) is 13.0. The number of hydrogen-bond donors (Lipinski definition) is 1. The Morgan fingerprint density at radius 1 is 1.19 bits per heavy atom. The summed E-state index contributed by atoms with van der Waals surface area (Å²) in [6, 6.07) is 11.3. The summed E-state index contributed by atoms with van der Waals surface area (Å²) in [6.07, 6.45) is 0. The predicted octanol–water partition coefficient (Wildman–Crippen LogP) is 4.60. The van der Waals surface area contributed by atoms with E-state index in [1.54, 1.807) is 23.3 Å². The van der Waals surface area contributed by atoms with Crippen LogP contribution in [0, 0.1) is 6.92 Å². The molecule has 0 bridgehead atoms. The fourth-order valence-electron chi connectivity index (χ4n) is 3.05. The smallest absolute Gasteiger partial charge is 0.322 e. The van der Waals surface area contributed by atoms with E-state index in [9.17, 15) is 4.79 Å². The van der Waals surface area contributed by atoms with Crippen molar-refractivity contribution >= 4 is 33.3 Å². The Hall–Kier alpha value is -2.80. The van der Waals surface area contributed by atoms with Crippen molar-refractivity contribution in [3.63, 3.8) is 0 Å². The maximum absolute atomic E-state index is 12.7. The van der Waals surface area contributed by atoms with Crippen LogP contribution in [0.15, 0.2) is 36.4 Å². The number of aromatic nitrogens is 1. The number of nitrogens with one attached hydrogen (secondary N) is 1. The zero-order chi connectivity index (χ0) is 19.0. The second-order valence-corrected chi connectivity index (χ2v) is 7.77. The van der Waals surface area contributed by atoms with E-state index in [0.29, 0.717) is 13.2 Å². The zero-order valence-electron chi connectivity index (χ0n) is 15.5. The Labute approximate surface area is 161 Å². The Morgan fingerprint density at radius 3 is 2.78 bits per heavy atom. The number of ether oxygens (including phenoxy) is 2. The summed E-state index contributed by atoms with van der Waals surface area (Å²) in [5, 5.41) is 3.98. The lowest BCUT2D eigenvalue weighted by Crippen LogP contribution is -2.33. The van der Waals surface area contributed by atoms with Gasteiger partial charge in [-0.1, -0.05) is 6.07 Å². The van der Waals surface area contributed by atoms with Crippen molar-refractivity contribution in [2.45, 2.75) is 19.9 Å². The van der Waals surface area contributed by atoms with Gasteiger partial charge >= 0.3 is 6.03 Å². The second kappa shape index (κ2) is 7.08. The number of carbonyl (C=O) groups excluding carboxylic acids is 1. The largest absolute Gasteiger partial charge is 0.486 e. The maximum Gasteiger partial charge on any atom is 0.322 e. The van der Waals surface area contributed by atoms with Gasteiger partial charge in [-0.2, -0.15) is 0 Å². The normalized spacial score (nSPS) is 14.0. The van der Waals surface area contributed by atoms with E-state index >= 15 is 0 Å². The number of urea groups is 1. The third-order valence-electron chi connectivity index (χ3n) is 4.70. The van der Waals surface area contributed by atoms with Gasteiger partial charge in [0.15, 0.2) is 11.5 Å². The summed E-state index contributed by atoms with van der Waals surface area (Å²) >= 11 is 1.62. The number of rotatable bonds is 3. The van der Waals surface area contributed by atoms with Gasteiger partial charge in [-0.25, -0.2) is 9.78 Å². The van der Waals surface area contributed by atoms with Gasteiger partial charge in [0, 0.05) is 12.7 Å². The van der Waals surface area contributed by atoms with Gasteiger partial charge in [-0.3, -0.25) is 0 Å². The van der Waals surface area contributed by atoms with Crippen LogP contribution in [0.1, 0.15) is 23.5 Å². The molecule has 6 nitrogen and oxygen atoms in total. The van der Waals surface area contributed by atoms with Crippen molar-refractivity contribution in [2.75, 3.05) is 25.6 Å². The minimum Gasteiger partial charge on any atom is -0.486 e. The number of thiazole rings is 1. The average Bonchev–Trinajstić information content (AvgIpc) is 3.05. The van der Waals surface area contributed by atoms with Gasteiger partial charge in [-0.15, -0.1) is 11.3 Å². The summed E-state index contributed by atoms with van der Waals surface area (Å²) in [7, 11) is 1.78. The highest BCUT2D eigenvalue weighted by Crippen LogP contribution is 2.34. The Bertz CT molecular complexity index is 1000. The van der Waals surface area contributed by atoms with E-state index in [2.05, 4.69) is 10.3 Å². The van der Waals surface area contributed by atoms with Crippen LogP contribution in [0.25, 0.3) is 10.2 Å². The molecule has 0 fully saturated rings. The van der Waals surface area contributed by atoms with E-state index in [1.165, 1.54) is 0 Å². The van der Waals surface area contributed by atoms with Gasteiger partial charge in [-0.05, 0) is 49.7 Å². The fourth-order valence-corrected chi connectivity index (χ4v) is 3.91. The quantitative estimate of drug-likeness (QED) is 0.718. The lowest BCUT2D eigenvalue weighted by molar-refractivity contribution is 0.170. The third-order valence-corrected chi connectivity index (χ3v) is 5.63. The van der Waals surface area contributed by atoms with E-state index in [-0.39, 0.29) is 12.1 Å². The van der Waals surface area contributed by atoms with Gasteiger partial charge in [0.1, 0.15) is 13.2 Å². The molecule has 0 radical (unpaired) electrons. The first-order valence-electron chi connectivity index (χ1n) is 8.82. The molecule has 1 aliphatic heterocycles. The van der Waals surface area contributed by atoms with Crippen molar-refractivity contribution in [1.82, 2.24) is 9.88 Å². The molecule has 2 amide bonds. The molecule has 0 spiro atoms. The van der Waals surface area contributed by atoms with E-state index in [0.717, 1.165) is 38.0 Å². The lowest BCUT2D eigenvalue weighted by atomic mass is 10.1. The van der Waals surface area contributed by atoms with Crippen molar-refractivity contribution in [1.29, 1.82) is 0 Å². The van der Waals surface area contributed by atoms with Crippen LogP contribution in [-0.2, 0) is 0 Å². The van der Waals surface area contributed by atoms with Crippen molar-refractivity contribution in [3.8, 4) is 11.5 Å². The van der Waals surface area contributed by atoms with Crippen LogP contribution in [0.2, 0.25) is 0 Å². The molecule has 4 rings (SSSR count). The third kappa shape index (κ3) is 3.55. The molecule has 140 valence electrons. The summed E-state index contributed by atoms with van der Waals surface area (Å²) < 4.78 is 12.3. The minimum absolute atomic E-state index is 0.116. The molecule has 1 aliphatic rings. The topological polar surface area (TPSA) is 63.7 Å². The molecule has 27 heavy (non-hydrogen) atoms. The summed E-state index contributed by atoms with van der Waals surface area (Å²) in [6.45, 7) is 5.07. The van der Waals surface area contributed by atoms with Gasteiger partial charge in [0.05, 0.1) is 21.3 Å². The summed E-state index contributed by atoms with van der Waals surface area (Å²) in [5.74, 6) is 1.47. The molecule has 7 heteroatoms. The number of hydrogen-bond acceptors (Lipinski definition) is 5. The van der Waals surface area contributed by atoms with Gasteiger partial charge in [0.25, 0.3) is 0 Å². The van der Waals surface area contributed by atoms with Crippen LogP contribution in [0.5, 0.6) is 11.5 Å². The van der Waals surface area contributed by atoms with Crippen LogP contribution >= 0.6 is 11.3 Å². The molecule has 0 aliphatic carbocycles. The molecular weight excluding hydrogens is 362 g/mol. The minimum atomic E-state index is -0.169. The van der Waals surface area contributed by atoms with Crippen LogP contribution in [0.3, 0.4) is 0 Å². The highest BCUT2D eigenvalue weighted by molar-refractivity contribution is 7.18. The van der Waals surface area contributed by atoms with E-state index < -0.39 is 0 Å². The van der Waals surface area contributed by atoms with Gasteiger partial charge in [0.2, 0.25) is 0 Å². The second-order valence-electron chi connectivity index (χ2n) is 6.54. The Morgan fingerprint density at radius 2 is 1.96 bits per heavy atom. The number of carbonyl (C=O) groups is 1. The fraction of sp³-hybridized carbons (Fsp3) is 0.300. The Balaban J connectivity index is 1.48. The summed E-state index contributed by atoms with van der Waals surface area (Å²) in [4.78, 5) is 18.8. The van der Waals surface area contributed by atoms with E-state index in [1.807, 2.05) is 50.2 Å². The number of nitrogens with zero attached hydrogens (tertiary/aromatic N) is 2. The van der Waals surface area contributed by atoms with E-state index in [4.69, 9.17) is 9.47 Å². The standard InChI is InChI=1S/C20H21N3O3S/c1-12(14-4-7-17-18(10-14)26-9-8-25-17)23(3)20(24)22-15-5-6-16-19(11-15)27-13(2)21-16/h4-7,10-12H,8-9H2,1-3H3,(H,22,24)/t12-/m0/s1. The molecule has 0 unspecified atom stereocenters. The average molecular weight is 383 g/mol.